The van der Waals surface area contributed by atoms with Gasteiger partial charge in [0.25, 0.3) is 10.0 Å². The molecular formula is C12H14BrN3O2S2. The van der Waals surface area contributed by atoms with E-state index in [-0.39, 0.29) is 5.92 Å². The topological polar surface area (TPSA) is 66.1 Å². The van der Waals surface area contributed by atoms with Crippen LogP contribution in [-0.4, -0.2) is 36.0 Å². The van der Waals surface area contributed by atoms with Gasteiger partial charge in [-0.05, 0) is 46.3 Å². The fourth-order valence-electron chi connectivity index (χ4n) is 2.49. The zero-order valence-corrected chi connectivity index (χ0v) is 13.8. The van der Waals surface area contributed by atoms with Crippen molar-refractivity contribution >= 4 is 37.3 Å². The molecule has 3 heterocycles. The van der Waals surface area contributed by atoms with Crippen LogP contribution >= 0.6 is 27.3 Å². The Labute approximate surface area is 130 Å². The van der Waals surface area contributed by atoms with Gasteiger partial charge >= 0.3 is 0 Å². The molecule has 5 nitrogen and oxygen atoms in total. The minimum atomic E-state index is -3.40. The lowest BCUT2D eigenvalue weighted by Crippen LogP contribution is -2.39. The fourth-order valence-corrected chi connectivity index (χ4v) is 6.46. The summed E-state index contributed by atoms with van der Waals surface area (Å²) in [5.74, 6) is 0.194. The number of halogens is 1. The van der Waals surface area contributed by atoms with Gasteiger partial charge in [-0.3, -0.25) is 5.10 Å². The number of nitrogens with zero attached hydrogens (tertiary/aromatic N) is 2. The van der Waals surface area contributed by atoms with Crippen LogP contribution in [0, 0.1) is 0 Å². The Morgan fingerprint density at radius 3 is 2.95 bits per heavy atom. The van der Waals surface area contributed by atoms with Gasteiger partial charge in [0.2, 0.25) is 0 Å². The number of piperidine rings is 1. The molecule has 0 amide bonds. The first-order chi connectivity index (χ1) is 9.59. The Kier molecular flexibility index (Phi) is 3.98. The van der Waals surface area contributed by atoms with E-state index in [9.17, 15) is 8.42 Å². The third-order valence-corrected chi connectivity index (χ3v) is 8.02. The molecular weight excluding hydrogens is 362 g/mol. The average molecular weight is 376 g/mol. The summed E-state index contributed by atoms with van der Waals surface area (Å²) in [7, 11) is -3.40. The van der Waals surface area contributed by atoms with E-state index in [0.29, 0.717) is 21.8 Å². The van der Waals surface area contributed by atoms with Crippen molar-refractivity contribution in [2.75, 3.05) is 13.1 Å². The highest BCUT2D eigenvalue weighted by molar-refractivity contribution is 9.10. The molecule has 20 heavy (non-hydrogen) atoms. The largest absolute Gasteiger partial charge is 0.282 e. The van der Waals surface area contributed by atoms with Crippen LogP contribution in [0.1, 0.15) is 24.5 Å². The second-order valence-corrected chi connectivity index (χ2v) is 8.67. The van der Waals surface area contributed by atoms with Crippen LogP contribution in [0.4, 0.5) is 0 Å². The highest BCUT2D eigenvalue weighted by atomic mass is 79.9. The number of H-pyrrole nitrogens is 1. The third-order valence-electron chi connectivity index (χ3n) is 3.50. The molecule has 2 aromatic heterocycles. The van der Waals surface area contributed by atoms with Crippen LogP contribution in [0.25, 0.3) is 0 Å². The van der Waals surface area contributed by atoms with E-state index in [1.165, 1.54) is 11.3 Å². The van der Waals surface area contributed by atoms with Gasteiger partial charge in [0.05, 0.1) is 0 Å². The predicted octanol–water partition coefficient (Wildman–Crippen LogP) is 2.80. The van der Waals surface area contributed by atoms with Crippen molar-refractivity contribution in [2.45, 2.75) is 23.0 Å². The van der Waals surface area contributed by atoms with Gasteiger partial charge in [0.15, 0.2) is 0 Å². The number of hydrogen-bond acceptors (Lipinski definition) is 4. The van der Waals surface area contributed by atoms with Gasteiger partial charge in [-0.25, -0.2) is 8.42 Å². The summed E-state index contributed by atoms with van der Waals surface area (Å²) in [6.07, 6.45) is 3.56. The highest BCUT2D eigenvalue weighted by Gasteiger charge is 2.33. The normalized spacial score (nSPS) is 21.1. The van der Waals surface area contributed by atoms with Crippen molar-refractivity contribution in [1.82, 2.24) is 14.5 Å². The molecule has 3 rings (SSSR count). The van der Waals surface area contributed by atoms with E-state index in [0.717, 1.165) is 18.5 Å². The van der Waals surface area contributed by atoms with Gasteiger partial charge < -0.3 is 0 Å². The van der Waals surface area contributed by atoms with Gasteiger partial charge in [-0.1, -0.05) is 0 Å². The molecule has 0 bridgehead atoms. The number of rotatable bonds is 3. The quantitative estimate of drug-likeness (QED) is 0.896. The monoisotopic (exact) mass is 375 g/mol. The van der Waals surface area contributed by atoms with Crippen molar-refractivity contribution < 1.29 is 8.42 Å². The molecule has 1 aliphatic rings. The standard InChI is InChI=1S/C12H14BrN3O2S2/c13-10-4-7-19-12(10)20(17,18)16-6-1-2-9(8-16)11-3-5-14-15-11/h3-5,7,9H,1-2,6,8H2,(H,14,15). The van der Waals surface area contributed by atoms with E-state index in [2.05, 4.69) is 26.1 Å². The van der Waals surface area contributed by atoms with E-state index < -0.39 is 10.0 Å². The molecule has 8 heteroatoms. The van der Waals surface area contributed by atoms with Crippen LogP contribution in [-0.2, 0) is 10.0 Å². The molecule has 2 aromatic rings. The number of sulfonamides is 1. The van der Waals surface area contributed by atoms with E-state index in [1.807, 2.05) is 6.07 Å². The van der Waals surface area contributed by atoms with E-state index >= 15 is 0 Å². The summed E-state index contributed by atoms with van der Waals surface area (Å²) in [5, 5.41) is 8.68. The number of thiophene rings is 1. The SMILES string of the molecule is O=S(=O)(c1sccc1Br)N1CCCC(c2ccn[nH]2)C1. The van der Waals surface area contributed by atoms with Crippen molar-refractivity contribution in [2.24, 2.45) is 0 Å². The smallest absolute Gasteiger partial charge is 0.253 e. The lowest BCUT2D eigenvalue weighted by molar-refractivity contribution is 0.313. The van der Waals surface area contributed by atoms with Gasteiger partial charge in [-0.15, -0.1) is 11.3 Å². The van der Waals surface area contributed by atoms with Crippen LogP contribution in [0.2, 0.25) is 0 Å². The van der Waals surface area contributed by atoms with Crippen LogP contribution in [0.5, 0.6) is 0 Å². The number of aromatic amines is 1. The van der Waals surface area contributed by atoms with Crippen LogP contribution in [0.15, 0.2) is 32.4 Å². The van der Waals surface area contributed by atoms with Gasteiger partial charge in [0, 0.05) is 35.4 Å². The Hall–Kier alpha value is -0.700. The lowest BCUT2D eigenvalue weighted by atomic mass is 9.96. The van der Waals surface area contributed by atoms with Gasteiger partial charge in [0.1, 0.15) is 4.21 Å². The molecule has 1 atom stereocenters. The number of hydrogen-bond donors (Lipinski definition) is 1. The summed E-state index contributed by atoms with van der Waals surface area (Å²) in [6, 6.07) is 3.69. The Morgan fingerprint density at radius 2 is 2.30 bits per heavy atom. The molecule has 1 fully saturated rings. The van der Waals surface area contributed by atoms with E-state index in [4.69, 9.17) is 0 Å². The van der Waals surface area contributed by atoms with Crippen molar-refractivity contribution in [3.8, 4) is 0 Å². The maximum absolute atomic E-state index is 12.7. The molecule has 108 valence electrons. The van der Waals surface area contributed by atoms with Crippen molar-refractivity contribution in [3.63, 3.8) is 0 Å². The highest BCUT2D eigenvalue weighted by Crippen LogP contribution is 2.34. The van der Waals surface area contributed by atoms with Gasteiger partial charge in [-0.2, -0.15) is 9.40 Å². The van der Waals surface area contributed by atoms with Crippen LogP contribution < -0.4 is 0 Å². The summed E-state index contributed by atoms with van der Waals surface area (Å²) < 4.78 is 27.9. The maximum atomic E-state index is 12.7. The van der Waals surface area contributed by atoms with Crippen LogP contribution in [0.3, 0.4) is 0 Å². The zero-order valence-electron chi connectivity index (χ0n) is 10.6. The van der Waals surface area contributed by atoms with Crippen molar-refractivity contribution in [3.05, 3.63) is 33.9 Å². The second-order valence-electron chi connectivity index (χ2n) is 4.77. The maximum Gasteiger partial charge on any atom is 0.253 e. The molecule has 0 aromatic carbocycles. The zero-order chi connectivity index (χ0) is 14.2. The number of aromatic nitrogens is 2. The first-order valence-corrected chi connectivity index (χ1v) is 9.43. The minimum absolute atomic E-state index is 0.194. The molecule has 1 unspecified atom stereocenters. The molecule has 0 spiro atoms. The molecule has 1 N–H and O–H groups in total. The first kappa shape index (κ1) is 14.2. The fraction of sp³-hybridized carbons (Fsp3) is 0.417. The average Bonchev–Trinajstić information content (AvgIpc) is 3.10. The second kappa shape index (κ2) is 5.59. The molecule has 0 saturated carbocycles. The summed E-state index contributed by atoms with van der Waals surface area (Å²) >= 11 is 4.56. The summed E-state index contributed by atoms with van der Waals surface area (Å²) in [6.45, 7) is 1.09. The molecule has 1 saturated heterocycles. The molecule has 0 radical (unpaired) electrons. The minimum Gasteiger partial charge on any atom is -0.282 e. The predicted molar refractivity (Wildman–Crippen MR) is 81.3 cm³/mol. The Balaban J connectivity index is 1.85. The summed E-state index contributed by atoms with van der Waals surface area (Å²) in [4.78, 5) is 0. The molecule has 0 aliphatic carbocycles. The molecule has 1 aliphatic heterocycles. The van der Waals surface area contributed by atoms with E-state index in [1.54, 1.807) is 21.9 Å². The van der Waals surface area contributed by atoms with Crippen molar-refractivity contribution in [1.29, 1.82) is 0 Å². The lowest BCUT2D eigenvalue weighted by Gasteiger charge is -2.31. The first-order valence-electron chi connectivity index (χ1n) is 6.31. The summed E-state index contributed by atoms with van der Waals surface area (Å²) in [5.41, 5.74) is 1.01. The Morgan fingerprint density at radius 1 is 1.45 bits per heavy atom. The number of nitrogens with one attached hydrogen (secondary N) is 1. The Bertz CT molecular complexity index is 681. The third kappa shape index (κ3) is 2.57.